The number of hydrogen-bond acceptors (Lipinski definition) is 4. The van der Waals surface area contributed by atoms with Crippen molar-refractivity contribution in [2.24, 2.45) is 0 Å². The summed E-state index contributed by atoms with van der Waals surface area (Å²) in [5.74, 6) is -0.803. The SMILES string of the molecule is Nc1ccc(Cl)cc1SCC(=O)NCCCC(=O)O. The molecule has 0 saturated carbocycles. The summed E-state index contributed by atoms with van der Waals surface area (Å²) < 4.78 is 0. The molecular weight excluding hydrogens is 288 g/mol. The van der Waals surface area contributed by atoms with Crippen molar-refractivity contribution in [2.45, 2.75) is 17.7 Å². The van der Waals surface area contributed by atoms with Gasteiger partial charge in [-0.3, -0.25) is 9.59 Å². The topological polar surface area (TPSA) is 92.4 Å². The molecule has 0 unspecified atom stereocenters. The van der Waals surface area contributed by atoms with Crippen LogP contribution in [0.15, 0.2) is 23.1 Å². The first kappa shape index (κ1) is 15.7. The average molecular weight is 303 g/mol. The van der Waals surface area contributed by atoms with Crippen molar-refractivity contribution < 1.29 is 14.7 Å². The van der Waals surface area contributed by atoms with Crippen LogP contribution in [-0.2, 0) is 9.59 Å². The van der Waals surface area contributed by atoms with Crippen molar-refractivity contribution in [2.75, 3.05) is 18.0 Å². The van der Waals surface area contributed by atoms with Crippen molar-refractivity contribution >= 4 is 40.9 Å². The number of carbonyl (C=O) groups is 2. The number of carbonyl (C=O) groups excluding carboxylic acids is 1. The molecule has 1 rings (SSSR count). The lowest BCUT2D eigenvalue weighted by atomic mass is 10.3. The Hall–Kier alpha value is -1.40. The van der Waals surface area contributed by atoms with Crippen molar-refractivity contribution in [3.8, 4) is 0 Å². The van der Waals surface area contributed by atoms with E-state index < -0.39 is 5.97 Å². The smallest absolute Gasteiger partial charge is 0.303 e. The number of carboxylic acid groups (broad SMARTS) is 1. The van der Waals surface area contributed by atoms with Gasteiger partial charge < -0.3 is 16.2 Å². The maximum atomic E-state index is 11.5. The molecule has 0 heterocycles. The number of aliphatic carboxylic acids is 1. The Bertz CT molecular complexity index is 468. The lowest BCUT2D eigenvalue weighted by Crippen LogP contribution is -2.26. The number of nitrogens with one attached hydrogen (secondary N) is 1. The minimum atomic E-state index is -0.865. The second-order valence-electron chi connectivity index (χ2n) is 3.82. The van der Waals surface area contributed by atoms with Crippen molar-refractivity contribution in [3.05, 3.63) is 23.2 Å². The molecule has 0 aliphatic heterocycles. The van der Waals surface area contributed by atoms with Crippen LogP contribution >= 0.6 is 23.4 Å². The molecule has 4 N–H and O–H groups in total. The minimum Gasteiger partial charge on any atom is -0.481 e. The van der Waals surface area contributed by atoms with Gasteiger partial charge in [-0.2, -0.15) is 0 Å². The average Bonchev–Trinajstić information content (AvgIpc) is 2.35. The van der Waals surface area contributed by atoms with Crippen LogP contribution in [0.3, 0.4) is 0 Å². The molecule has 0 fully saturated rings. The predicted octanol–water partition coefficient (Wildman–Crippen LogP) is 2.00. The Morgan fingerprint density at radius 2 is 2.16 bits per heavy atom. The Morgan fingerprint density at radius 1 is 1.42 bits per heavy atom. The molecule has 0 aliphatic rings. The van der Waals surface area contributed by atoms with Crippen LogP contribution < -0.4 is 11.1 Å². The van der Waals surface area contributed by atoms with Crippen LogP contribution in [0.25, 0.3) is 0 Å². The second-order valence-corrected chi connectivity index (χ2v) is 5.27. The Morgan fingerprint density at radius 3 is 2.84 bits per heavy atom. The van der Waals surface area contributed by atoms with Crippen LogP contribution in [0.4, 0.5) is 5.69 Å². The second kappa shape index (κ2) is 7.91. The Kier molecular flexibility index (Phi) is 6.52. The fraction of sp³-hybridized carbons (Fsp3) is 0.333. The molecule has 0 bridgehead atoms. The van der Waals surface area contributed by atoms with Crippen LogP contribution in [0.5, 0.6) is 0 Å². The van der Waals surface area contributed by atoms with E-state index in [1.807, 2.05) is 0 Å². The number of nitrogens with two attached hydrogens (primary N) is 1. The van der Waals surface area contributed by atoms with Gasteiger partial charge in [-0.1, -0.05) is 11.6 Å². The molecule has 104 valence electrons. The number of hydrogen-bond donors (Lipinski definition) is 3. The Balaban J connectivity index is 2.30. The van der Waals surface area contributed by atoms with E-state index in [0.717, 1.165) is 4.90 Å². The van der Waals surface area contributed by atoms with Gasteiger partial charge in [-0.05, 0) is 24.6 Å². The predicted molar refractivity (Wildman–Crippen MR) is 76.5 cm³/mol. The van der Waals surface area contributed by atoms with Gasteiger partial charge >= 0.3 is 5.97 Å². The van der Waals surface area contributed by atoms with E-state index in [0.29, 0.717) is 23.7 Å². The van der Waals surface area contributed by atoms with Gasteiger partial charge in [-0.25, -0.2) is 0 Å². The molecular formula is C12H15ClN2O3S. The van der Waals surface area contributed by atoms with Gasteiger partial charge in [0.2, 0.25) is 5.91 Å². The number of nitrogen functional groups attached to an aromatic ring is 1. The summed E-state index contributed by atoms with van der Waals surface area (Å²) in [5.41, 5.74) is 6.33. The molecule has 0 saturated heterocycles. The zero-order chi connectivity index (χ0) is 14.3. The van der Waals surface area contributed by atoms with Gasteiger partial charge in [-0.15, -0.1) is 11.8 Å². The van der Waals surface area contributed by atoms with E-state index in [2.05, 4.69) is 5.32 Å². The molecule has 7 heteroatoms. The number of carboxylic acids is 1. The standard InChI is InChI=1S/C12H15ClN2O3S/c13-8-3-4-9(14)10(6-8)19-7-11(16)15-5-1-2-12(17)18/h3-4,6H,1-2,5,7,14H2,(H,15,16)(H,17,18). The summed E-state index contributed by atoms with van der Waals surface area (Å²) >= 11 is 7.13. The first-order chi connectivity index (χ1) is 8.99. The van der Waals surface area contributed by atoms with Crippen LogP contribution in [-0.4, -0.2) is 29.3 Å². The fourth-order valence-electron chi connectivity index (χ4n) is 1.29. The zero-order valence-electron chi connectivity index (χ0n) is 10.2. The molecule has 5 nitrogen and oxygen atoms in total. The van der Waals surface area contributed by atoms with Gasteiger partial charge in [0.15, 0.2) is 0 Å². The molecule has 0 aliphatic carbocycles. The van der Waals surface area contributed by atoms with Crippen LogP contribution in [0, 0.1) is 0 Å². The maximum Gasteiger partial charge on any atom is 0.303 e. The summed E-state index contributed by atoms with van der Waals surface area (Å²) in [6, 6.07) is 5.08. The van der Waals surface area contributed by atoms with Crippen LogP contribution in [0.2, 0.25) is 5.02 Å². The fourth-order valence-corrected chi connectivity index (χ4v) is 2.37. The van der Waals surface area contributed by atoms with E-state index in [1.54, 1.807) is 18.2 Å². The van der Waals surface area contributed by atoms with E-state index in [4.69, 9.17) is 22.4 Å². The number of anilines is 1. The van der Waals surface area contributed by atoms with E-state index in [9.17, 15) is 9.59 Å². The third-order valence-corrected chi connectivity index (χ3v) is 3.53. The van der Waals surface area contributed by atoms with E-state index >= 15 is 0 Å². The van der Waals surface area contributed by atoms with E-state index in [1.165, 1.54) is 11.8 Å². The third-order valence-electron chi connectivity index (χ3n) is 2.22. The lowest BCUT2D eigenvalue weighted by molar-refractivity contribution is -0.137. The quantitative estimate of drug-likeness (QED) is 0.407. The van der Waals surface area contributed by atoms with E-state index in [-0.39, 0.29) is 18.1 Å². The first-order valence-corrected chi connectivity index (χ1v) is 7.01. The number of amides is 1. The third kappa shape index (κ3) is 6.35. The maximum absolute atomic E-state index is 11.5. The van der Waals surface area contributed by atoms with Gasteiger partial charge in [0.05, 0.1) is 5.75 Å². The summed E-state index contributed by atoms with van der Waals surface area (Å²) in [4.78, 5) is 22.5. The highest BCUT2D eigenvalue weighted by molar-refractivity contribution is 8.00. The van der Waals surface area contributed by atoms with Crippen LogP contribution in [0.1, 0.15) is 12.8 Å². The summed E-state index contributed by atoms with van der Waals surface area (Å²) in [6.07, 6.45) is 0.472. The molecule has 0 spiro atoms. The molecule has 1 aromatic rings. The van der Waals surface area contributed by atoms with Gasteiger partial charge in [0.25, 0.3) is 0 Å². The number of benzene rings is 1. The van der Waals surface area contributed by atoms with Gasteiger partial charge in [0, 0.05) is 28.6 Å². The molecule has 1 aromatic carbocycles. The first-order valence-electron chi connectivity index (χ1n) is 5.65. The summed E-state index contributed by atoms with van der Waals surface area (Å²) in [6.45, 7) is 0.358. The Labute approximate surface area is 120 Å². The van der Waals surface area contributed by atoms with Crippen molar-refractivity contribution in [1.29, 1.82) is 0 Å². The van der Waals surface area contributed by atoms with Gasteiger partial charge in [0.1, 0.15) is 0 Å². The zero-order valence-corrected chi connectivity index (χ0v) is 11.8. The molecule has 19 heavy (non-hydrogen) atoms. The lowest BCUT2D eigenvalue weighted by Gasteiger charge is -2.06. The van der Waals surface area contributed by atoms with Crippen molar-refractivity contribution in [1.82, 2.24) is 5.32 Å². The molecule has 0 aromatic heterocycles. The molecule has 0 atom stereocenters. The number of rotatable bonds is 7. The van der Waals surface area contributed by atoms with Crippen molar-refractivity contribution in [3.63, 3.8) is 0 Å². The largest absolute Gasteiger partial charge is 0.481 e. The molecule has 1 amide bonds. The minimum absolute atomic E-state index is 0.0503. The summed E-state index contributed by atoms with van der Waals surface area (Å²) in [5, 5.41) is 11.7. The highest BCUT2D eigenvalue weighted by atomic mass is 35.5. The highest BCUT2D eigenvalue weighted by Gasteiger charge is 2.06. The number of thioether (sulfide) groups is 1. The normalized spacial score (nSPS) is 10.2. The monoisotopic (exact) mass is 302 g/mol. The summed E-state index contributed by atoms with van der Waals surface area (Å²) in [7, 11) is 0. The highest BCUT2D eigenvalue weighted by Crippen LogP contribution is 2.27. The molecule has 0 radical (unpaired) electrons. The number of halogens is 1.